The second-order valence-corrected chi connectivity index (χ2v) is 7.34. The first kappa shape index (κ1) is 23.1. The van der Waals surface area contributed by atoms with Crippen molar-refractivity contribution < 1.29 is 9.15 Å². The van der Waals surface area contributed by atoms with Crippen LogP contribution in [0.5, 0.6) is 5.75 Å². The number of nitrogens with one attached hydrogen (secondary N) is 2. The summed E-state index contributed by atoms with van der Waals surface area (Å²) in [7, 11) is 0. The van der Waals surface area contributed by atoms with Crippen LogP contribution >= 0.6 is 24.0 Å². The Balaban J connectivity index is 0.00000272. The maximum absolute atomic E-state index is 6.12. The average Bonchev–Trinajstić information content (AvgIpc) is 3.23. The molecule has 1 fully saturated rings. The van der Waals surface area contributed by atoms with Gasteiger partial charge in [-0.1, -0.05) is 36.4 Å². The molecule has 1 saturated carbocycles. The molecular formula is C24H29IN4O2. The van der Waals surface area contributed by atoms with Crippen molar-refractivity contribution in [3.8, 4) is 17.2 Å². The summed E-state index contributed by atoms with van der Waals surface area (Å²) in [4.78, 5) is 9.29. The first-order chi connectivity index (χ1) is 14.8. The minimum absolute atomic E-state index is 0. The molecule has 0 atom stereocenters. The largest absolute Gasteiger partial charge is 0.490 e. The number of aliphatic imine (C=N–C) groups is 1. The number of guanidine groups is 1. The molecule has 0 unspecified atom stereocenters. The van der Waals surface area contributed by atoms with Crippen molar-refractivity contribution in [1.82, 2.24) is 15.6 Å². The molecule has 1 heterocycles. The van der Waals surface area contributed by atoms with E-state index in [2.05, 4.69) is 28.6 Å². The molecule has 3 aromatic rings. The van der Waals surface area contributed by atoms with Gasteiger partial charge in [-0.3, -0.25) is 0 Å². The standard InChI is InChI=1S/C24H28N4O2.HI/c1-2-25-24(26-15-19-11-6-7-14-22(19)30-21-12-8-13-21)27-16-20-17-29-23(28-20)18-9-4-3-5-10-18;/h3-7,9-11,14,17,21H,2,8,12-13,15-16H2,1H3,(H2,25,26,27);1H. The van der Waals surface area contributed by atoms with Crippen molar-refractivity contribution in [1.29, 1.82) is 0 Å². The van der Waals surface area contributed by atoms with E-state index in [0.29, 0.717) is 25.1 Å². The van der Waals surface area contributed by atoms with E-state index in [1.54, 1.807) is 6.26 Å². The van der Waals surface area contributed by atoms with Crippen LogP contribution in [0.1, 0.15) is 37.4 Å². The fraction of sp³-hybridized carbons (Fsp3) is 0.333. The van der Waals surface area contributed by atoms with Crippen LogP contribution in [0.4, 0.5) is 0 Å². The van der Waals surface area contributed by atoms with Gasteiger partial charge in [0.05, 0.1) is 24.9 Å². The van der Waals surface area contributed by atoms with Crippen LogP contribution < -0.4 is 15.4 Å². The number of para-hydroxylation sites is 1. The molecule has 1 aromatic heterocycles. The van der Waals surface area contributed by atoms with Gasteiger partial charge in [0.15, 0.2) is 5.96 Å². The van der Waals surface area contributed by atoms with E-state index in [4.69, 9.17) is 14.1 Å². The fourth-order valence-electron chi connectivity index (χ4n) is 3.20. The van der Waals surface area contributed by atoms with E-state index in [0.717, 1.165) is 47.9 Å². The number of hydrogen-bond donors (Lipinski definition) is 2. The van der Waals surface area contributed by atoms with Crippen molar-refractivity contribution in [3.63, 3.8) is 0 Å². The van der Waals surface area contributed by atoms with Crippen LogP contribution in [0.25, 0.3) is 11.5 Å². The Morgan fingerprint density at radius 1 is 1.10 bits per heavy atom. The van der Waals surface area contributed by atoms with Crippen LogP contribution in [-0.4, -0.2) is 23.6 Å². The van der Waals surface area contributed by atoms with Crippen molar-refractivity contribution in [2.24, 2.45) is 4.99 Å². The van der Waals surface area contributed by atoms with Crippen molar-refractivity contribution >= 4 is 29.9 Å². The summed E-state index contributed by atoms with van der Waals surface area (Å²) in [5.41, 5.74) is 2.88. The zero-order valence-corrected chi connectivity index (χ0v) is 20.0. The highest BCUT2D eigenvalue weighted by atomic mass is 127. The summed E-state index contributed by atoms with van der Waals surface area (Å²) in [5, 5.41) is 6.61. The Morgan fingerprint density at radius 2 is 1.87 bits per heavy atom. The molecule has 0 radical (unpaired) electrons. The number of aromatic nitrogens is 1. The minimum Gasteiger partial charge on any atom is -0.490 e. The molecule has 0 spiro atoms. The minimum atomic E-state index is 0. The van der Waals surface area contributed by atoms with E-state index < -0.39 is 0 Å². The van der Waals surface area contributed by atoms with Crippen LogP contribution in [-0.2, 0) is 13.1 Å². The monoisotopic (exact) mass is 532 g/mol. The predicted octanol–water partition coefficient (Wildman–Crippen LogP) is 5.15. The van der Waals surface area contributed by atoms with Crippen LogP contribution in [0.2, 0.25) is 0 Å². The first-order valence-electron chi connectivity index (χ1n) is 10.6. The SMILES string of the molecule is CCNC(=NCc1ccccc1OC1CCC1)NCc1coc(-c2ccccc2)n1.I. The van der Waals surface area contributed by atoms with Gasteiger partial charge in [0.2, 0.25) is 5.89 Å². The molecule has 1 aliphatic rings. The second-order valence-electron chi connectivity index (χ2n) is 7.34. The van der Waals surface area contributed by atoms with Gasteiger partial charge in [-0.15, -0.1) is 24.0 Å². The van der Waals surface area contributed by atoms with Gasteiger partial charge < -0.3 is 19.8 Å². The highest BCUT2D eigenvalue weighted by Crippen LogP contribution is 2.28. The maximum Gasteiger partial charge on any atom is 0.226 e. The Hall–Kier alpha value is -2.55. The number of oxazole rings is 1. The predicted molar refractivity (Wildman–Crippen MR) is 134 cm³/mol. The lowest BCUT2D eigenvalue weighted by molar-refractivity contribution is 0.119. The molecule has 4 rings (SSSR count). The summed E-state index contributed by atoms with van der Waals surface area (Å²) >= 11 is 0. The highest BCUT2D eigenvalue weighted by molar-refractivity contribution is 14.0. The summed E-state index contributed by atoms with van der Waals surface area (Å²) in [5.74, 6) is 2.29. The second kappa shape index (κ2) is 11.7. The topological polar surface area (TPSA) is 71.7 Å². The molecular weight excluding hydrogens is 503 g/mol. The lowest BCUT2D eigenvalue weighted by atomic mass is 9.96. The molecule has 31 heavy (non-hydrogen) atoms. The van der Waals surface area contributed by atoms with E-state index in [-0.39, 0.29) is 24.0 Å². The van der Waals surface area contributed by atoms with Crippen molar-refractivity contribution in [2.45, 2.75) is 45.4 Å². The Morgan fingerprint density at radius 3 is 2.61 bits per heavy atom. The van der Waals surface area contributed by atoms with Gasteiger partial charge in [0.25, 0.3) is 0 Å². The molecule has 2 N–H and O–H groups in total. The van der Waals surface area contributed by atoms with Gasteiger partial charge in [0.1, 0.15) is 12.0 Å². The Labute approximate surface area is 200 Å². The number of nitrogens with zero attached hydrogens (tertiary/aromatic N) is 2. The molecule has 164 valence electrons. The molecule has 0 bridgehead atoms. The van der Waals surface area contributed by atoms with Gasteiger partial charge in [-0.25, -0.2) is 9.98 Å². The van der Waals surface area contributed by atoms with E-state index >= 15 is 0 Å². The number of ether oxygens (including phenoxy) is 1. The zero-order valence-electron chi connectivity index (χ0n) is 17.7. The average molecular weight is 532 g/mol. The van der Waals surface area contributed by atoms with Crippen LogP contribution in [0.15, 0.2) is 70.3 Å². The summed E-state index contributed by atoms with van der Waals surface area (Å²) in [6.45, 7) is 3.91. The third-order valence-electron chi connectivity index (χ3n) is 5.08. The number of benzene rings is 2. The summed E-state index contributed by atoms with van der Waals surface area (Å²) in [6, 6.07) is 18.0. The third kappa shape index (κ3) is 6.46. The highest BCUT2D eigenvalue weighted by Gasteiger charge is 2.20. The molecule has 7 heteroatoms. The zero-order chi connectivity index (χ0) is 20.6. The lowest BCUT2D eigenvalue weighted by Crippen LogP contribution is -2.36. The van der Waals surface area contributed by atoms with Crippen molar-refractivity contribution in [2.75, 3.05) is 6.54 Å². The fourth-order valence-corrected chi connectivity index (χ4v) is 3.20. The molecule has 6 nitrogen and oxygen atoms in total. The van der Waals surface area contributed by atoms with Crippen molar-refractivity contribution in [3.05, 3.63) is 72.1 Å². The van der Waals surface area contributed by atoms with Crippen LogP contribution in [0.3, 0.4) is 0 Å². The van der Waals surface area contributed by atoms with Crippen LogP contribution in [0, 0.1) is 0 Å². The first-order valence-corrected chi connectivity index (χ1v) is 10.6. The summed E-state index contributed by atoms with van der Waals surface area (Å²) in [6.07, 6.45) is 5.58. The molecule has 0 saturated heterocycles. The molecule has 0 amide bonds. The third-order valence-corrected chi connectivity index (χ3v) is 5.08. The smallest absolute Gasteiger partial charge is 0.226 e. The van der Waals surface area contributed by atoms with E-state index in [9.17, 15) is 0 Å². The number of halogens is 1. The number of rotatable bonds is 8. The lowest BCUT2D eigenvalue weighted by Gasteiger charge is -2.27. The van der Waals surface area contributed by atoms with Gasteiger partial charge >= 0.3 is 0 Å². The van der Waals surface area contributed by atoms with Gasteiger partial charge in [-0.05, 0) is 44.4 Å². The molecule has 1 aliphatic carbocycles. The molecule has 0 aliphatic heterocycles. The Bertz CT molecular complexity index is 970. The number of hydrogen-bond acceptors (Lipinski definition) is 4. The summed E-state index contributed by atoms with van der Waals surface area (Å²) < 4.78 is 11.7. The normalized spacial score (nSPS) is 13.8. The molecule has 2 aromatic carbocycles. The van der Waals surface area contributed by atoms with E-state index in [1.807, 2.05) is 48.5 Å². The van der Waals surface area contributed by atoms with Gasteiger partial charge in [0, 0.05) is 17.7 Å². The van der Waals surface area contributed by atoms with E-state index in [1.165, 1.54) is 6.42 Å². The quantitative estimate of drug-likeness (QED) is 0.239. The maximum atomic E-state index is 6.12. The van der Waals surface area contributed by atoms with Gasteiger partial charge in [-0.2, -0.15) is 0 Å². The Kier molecular flexibility index (Phi) is 8.75.